The molecule has 1 nitrogen and oxygen atoms in total. The Labute approximate surface area is 73.8 Å². The molecule has 0 N–H and O–H groups in total. The summed E-state index contributed by atoms with van der Waals surface area (Å²) in [5.41, 5.74) is 1.31. The van der Waals surface area contributed by atoms with E-state index in [4.69, 9.17) is 0 Å². The van der Waals surface area contributed by atoms with Crippen molar-refractivity contribution in [2.75, 3.05) is 0 Å². The topological polar surface area (TPSA) is 17.1 Å². The fourth-order valence-corrected chi connectivity index (χ4v) is 2.75. The van der Waals surface area contributed by atoms with E-state index in [1.807, 2.05) is 0 Å². The molecule has 1 fully saturated rings. The molecule has 0 bridgehead atoms. The third kappa shape index (κ3) is 0.596. The van der Waals surface area contributed by atoms with Crippen molar-refractivity contribution in [1.29, 1.82) is 0 Å². The van der Waals surface area contributed by atoms with Gasteiger partial charge in [0.1, 0.15) is 0 Å². The maximum absolute atomic E-state index is 11.7. The van der Waals surface area contributed by atoms with Crippen LogP contribution in [-0.4, -0.2) is 5.78 Å². The second-order valence-corrected chi connectivity index (χ2v) is 4.59. The van der Waals surface area contributed by atoms with Gasteiger partial charge >= 0.3 is 0 Å². The summed E-state index contributed by atoms with van der Waals surface area (Å²) >= 11 is 0. The van der Waals surface area contributed by atoms with Gasteiger partial charge in [-0.3, -0.25) is 4.79 Å². The summed E-state index contributed by atoms with van der Waals surface area (Å²) in [5.74, 6) is 1.76. The summed E-state index contributed by atoms with van der Waals surface area (Å²) in [6.07, 6.45) is 2.14. The van der Waals surface area contributed by atoms with Gasteiger partial charge in [0, 0.05) is 11.3 Å². The zero-order valence-electron chi connectivity index (χ0n) is 8.22. The molecular weight excluding hydrogens is 148 g/mol. The minimum Gasteiger partial charge on any atom is -0.294 e. The lowest BCUT2D eigenvalue weighted by atomic mass is 9.60. The van der Waals surface area contributed by atoms with Crippen LogP contribution in [0.25, 0.3) is 0 Å². The van der Waals surface area contributed by atoms with E-state index < -0.39 is 0 Å². The van der Waals surface area contributed by atoms with E-state index >= 15 is 0 Å². The van der Waals surface area contributed by atoms with Crippen LogP contribution in [0.1, 0.15) is 27.7 Å². The first kappa shape index (κ1) is 8.03. The smallest absolute Gasteiger partial charge is 0.162 e. The Morgan fingerprint density at radius 2 is 1.92 bits per heavy atom. The van der Waals surface area contributed by atoms with Crippen LogP contribution in [0.2, 0.25) is 0 Å². The minimum atomic E-state index is 0.205. The average molecular weight is 164 g/mol. The lowest BCUT2D eigenvalue weighted by molar-refractivity contribution is -0.118. The SMILES string of the molecule is CC1C(=O)C2=CC(C)C2(C)C1C. The Morgan fingerprint density at radius 3 is 2.25 bits per heavy atom. The Morgan fingerprint density at radius 1 is 1.33 bits per heavy atom. The number of fused-ring (bicyclic) bond motifs is 1. The molecule has 0 heterocycles. The number of hydrogen-bond donors (Lipinski definition) is 0. The van der Waals surface area contributed by atoms with E-state index in [-0.39, 0.29) is 11.3 Å². The van der Waals surface area contributed by atoms with Crippen LogP contribution in [0.5, 0.6) is 0 Å². The maximum atomic E-state index is 11.7. The molecule has 0 aromatic heterocycles. The standard InChI is InChI=1S/C11H16O/c1-6-5-9-10(12)7(2)8(3)11(6,9)4/h5-8H,1-4H3. The zero-order chi connectivity index (χ0) is 9.09. The number of hydrogen-bond acceptors (Lipinski definition) is 1. The highest BCUT2D eigenvalue weighted by Gasteiger charge is 2.57. The van der Waals surface area contributed by atoms with Gasteiger partial charge < -0.3 is 0 Å². The molecular formula is C11H16O. The summed E-state index contributed by atoms with van der Waals surface area (Å²) in [6, 6.07) is 0. The molecule has 0 aromatic rings. The predicted octanol–water partition coefficient (Wildman–Crippen LogP) is 2.42. The molecule has 0 saturated heterocycles. The van der Waals surface area contributed by atoms with Crippen LogP contribution >= 0.6 is 0 Å². The molecule has 0 radical (unpaired) electrons. The summed E-state index contributed by atoms with van der Waals surface area (Å²) in [5, 5.41) is 0. The van der Waals surface area contributed by atoms with Gasteiger partial charge in [0.05, 0.1) is 0 Å². The first-order valence-corrected chi connectivity index (χ1v) is 4.76. The van der Waals surface area contributed by atoms with Gasteiger partial charge in [-0.2, -0.15) is 0 Å². The van der Waals surface area contributed by atoms with Gasteiger partial charge in [-0.25, -0.2) is 0 Å². The lowest BCUT2D eigenvalue weighted by Crippen LogP contribution is -2.37. The molecule has 2 aliphatic carbocycles. The quantitative estimate of drug-likeness (QED) is 0.537. The fourth-order valence-electron chi connectivity index (χ4n) is 2.75. The average Bonchev–Trinajstić information content (AvgIpc) is 2.18. The van der Waals surface area contributed by atoms with Crippen molar-refractivity contribution in [3.8, 4) is 0 Å². The molecule has 0 aromatic carbocycles. The first-order valence-electron chi connectivity index (χ1n) is 4.76. The molecule has 12 heavy (non-hydrogen) atoms. The molecule has 1 saturated carbocycles. The highest BCUT2D eigenvalue weighted by molar-refractivity contribution is 6.03. The van der Waals surface area contributed by atoms with E-state index in [2.05, 4.69) is 33.8 Å². The van der Waals surface area contributed by atoms with E-state index in [1.165, 1.54) is 0 Å². The third-order valence-corrected chi connectivity index (χ3v) is 4.32. The van der Waals surface area contributed by atoms with Crippen LogP contribution in [-0.2, 0) is 4.79 Å². The highest BCUT2D eigenvalue weighted by Crippen LogP contribution is 2.59. The van der Waals surface area contributed by atoms with Crippen molar-refractivity contribution in [3.05, 3.63) is 11.6 Å². The summed E-state index contributed by atoms with van der Waals surface area (Å²) in [6.45, 7) is 8.72. The summed E-state index contributed by atoms with van der Waals surface area (Å²) in [7, 11) is 0. The first-order chi connectivity index (χ1) is 5.49. The van der Waals surface area contributed by atoms with Crippen molar-refractivity contribution >= 4 is 5.78 Å². The van der Waals surface area contributed by atoms with E-state index in [1.54, 1.807) is 0 Å². The van der Waals surface area contributed by atoms with Gasteiger partial charge in [-0.1, -0.05) is 33.8 Å². The molecule has 2 aliphatic rings. The van der Waals surface area contributed by atoms with Crippen LogP contribution in [0, 0.1) is 23.2 Å². The zero-order valence-corrected chi connectivity index (χ0v) is 8.22. The number of allylic oxidation sites excluding steroid dienone is 2. The van der Waals surface area contributed by atoms with Crippen molar-refractivity contribution < 1.29 is 4.79 Å². The Balaban J connectivity index is 2.47. The monoisotopic (exact) mass is 164 g/mol. The van der Waals surface area contributed by atoms with E-state index in [0.717, 1.165) is 5.57 Å². The molecule has 1 heteroatoms. The van der Waals surface area contributed by atoms with Crippen molar-refractivity contribution in [2.45, 2.75) is 27.7 Å². The molecule has 4 atom stereocenters. The van der Waals surface area contributed by atoms with E-state index in [0.29, 0.717) is 17.6 Å². The lowest BCUT2D eigenvalue weighted by Gasteiger charge is -2.43. The van der Waals surface area contributed by atoms with Gasteiger partial charge in [0.25, 0.3) is 0 Å². The number of ketones is 1. The molecule has 0 aliphatic heterocycles. The Hall–Kier alpha value is -0.590. The normalized spacial score (nSPS) is 51.5. The molecule has 0 spiro atoms. The van der Waals surface area contributed by atoms with E-state index in [9.17, 15) is 4.79 Å². The van der Waals surface area contributed by atoms with Crippen LogP contribution in [0.4, 0.5) is 0 Å². The minimum absolute atomic E-state index is 0.205. The van der Waals surface area contributed by atoms with Gasteiger partial charge in [0.15, 0.2) is 5.78 Å². The second kappa shape index (κ2) is 2.01. The highest BCUT2D eigenvalue weighted by atomic mass is 16.1. The number of carbonyl (C=O) groups excluding carboxylic acids is 1. The second-order valence-electron chi connectivity index (χ2n) is 4.59. The Kier molecular flexibility index (Phi) is 1.35. The number of carbonyl (C=O) groups is 1. The largest absolute Gasteiger partial charge is 0.294 e. The molecule has 2 rings (SSSR count). The van der Waals surface area contributed by atoms with Crippen LogP contribution in [0.15, 0.2) is 11.6 Å². The van der Waals surface area contributed by atoms with Gasteiger partial charge in [-0.05, 0) is 17.4 Å². The van der Waals surface area contributed by atoms with Gasteiger partial charge in [0.2, 0.25) is 0 Å². The molecule has 0 amide bonds. The number of rotatable bonds is 0. The van der Waals surface area contributed by atoms with Crippen molar-refractivity contribution in [3.63, 3.8) is 0 Å². The van der Waals surface area contributed by atoms with Gasteiger partial charge in [-0.15, -0.1) is 0 Å². The summed E-state index contributed by atoms with van der Waals surface area (Å²) in [4.78, 5) is 11.7. The van der Waals surface area contributed by atoms with Crippen molar-refractivity contribution in [2.24, 2.45) is 23.2 Å². The Bertz CT molecular complexity index is 277. The predicted molar refractivity (Wildman–Crippen MR) is 48.7 cm³/mol. The van der Waals surface area contributed by atoms with Crippen LogP contribution < -0.4 is 0 Å². The third-order valence-electron chi connectivity index (χ3n) is 4.32. The van der Waals surface area contributed by atoms with Crippen LogP contribution in [0.3, 0.4) is 0 Å². The number of Topliss-reactive ketones (excluding diaryl/α,β-unsaturated/α-hetero) is 1. The van der Waals surface area contributed by atoms with Crippen molar-refractivity contribution in [1.82, 2.24) is 0 Å². The fraction of sp³-hybridized carbons (Fsp3) is 0.727. The molecule has 66 valence electrons. The maximum Gasteiger partial charge on any atom is 0.162 e. The molecule has 4 unspecified atom stereocenters. The summed E-state index contributed by atoms with van der Waals surface area (Å²) < 4.78 is 0.